The van der Waals surface area contributed by atoms with Crippen molar-refractivity contribution in [3.8, 4) is 11.5 Å². The van der Waals surface area contributed by atoms with Gasteiger partial charge in [-0.15, -0.1) is 16.8 Å². The van der Waals surface area contributed by atoms with Crippen LogP contribution < -0.4 is 9.47 Å². The first-order valence-corrected chi connectivity index (χ1v) is 10.6. The minimum atomic E-state index is 0.271. The third kappa shape index (κ3) is 5.47. The molecular formula is C21H21Cl2N3O2S. The van der Waals surface area contributed by atoms with Crippen LogP contribution in [-0.4, -0.2) is 21.9 Å². The summed E-state index contributed by atoms with van der Waals surface area (Å²) < 4.78 is 13.3. The summed E-state index contributed by atoms with van der Waals surface area (Å²) in [7, 11) is 1.62. The zero-order valence-corrected chi connectivity index (χ0v) is 18.5. The zero-order valence-electron chi connectivity index (χ0n) is 16.2. The molecule has 29 heavy (non-hydrogen) atoms. The van der Waals surface area contributed by atoms with Crippen molar-refractivity contribution in [2.75, 3.05) is 7.11 Å². The molecule has 0 aliphatic carbocycles. The Morgan fingerprint density at radius 2 is 1.93 bits per heavy atom. The van der Waals surface area contributed by atoms with E-state index in [0.717, 1.165) is 16.3 Å². The van der Waals surface area contributed by atoms with Crippen molar-refractivity contribution in [3.05, 3.63) is 76.0 Å². The number of nitrogens with zero attached hydrogens (tertiary/aromatic N) is 3. The minimum Gasteiger partial charge on any atom is -0.493 e. The molecule has 1 aromatic heterocycles. The summed E-state index contributed by atoms with van der Waals surface area (Å²) in [6.07, 6.45) is 1.81. The molecule has 5 nitrogen and oxygen atoms in total. The molecule has 0 radical (unpaired) electrons. The van der Waals surface area contributed by atoms with Crippen LogP contribution in [0.25, 0.3) is 0 Å². The Balaban J connectivity index is 1.72. The number of ether oxygens (including phenoxy) is 2. The Morgan fingerprint density at radius 1 is 1.10 bits per heavy atom. The van der Waals surface area contributed by atoms with Crippen LogP contribution in [0.15, 0.2) is 54.2 Å². The van der Waals surface area contributed by atoms with Gasteiger partial charge in [0, 0.05) is 12.3 Å². The number of thioether (sulfide) groups is 1. The van der Waals surface area contributed by atoms with Gasteiger partial charge in [0.25, 0.3) is 0 Å². The van der Waals surface area contributed by atoms with Gasteiger partial charge in [0.05, 0.1) is 17.2 Å². The summed E-state index contributed by atoms with van der Waals surface area (Å²) >= 11 is 13.7. The van der Waals surface area contributed by atoms with Gasteiger partial charge in [-0.3, -0.25) is 4.57 Å². The molecule has 0 unspecified atom stereocenters. The average Bonchev–Trinajstić information content (AvgIpc) is 3.09. The van der Waals surface area contributed by atoms with Crippen LogP contribution in [0.5, 0.6) is 11.5 Å². The average molecular weight is 450 g/mol. The number of rotatable bonds is 9. The normalized spacial score (nSPS) is 10.8. The smallest absolute Gasteiger partial charge is 0.191 e. The predicted molar refractivity (Wildman–Crippen MR) is 118 cm³/mol. The molecule has 2 aromatic carbocycles. The van der Waals surface area contributed by atoms with Gasteiger partial charge < -0.3 is 9.47 Å². The molecule has 0 amide bonds. The molecule has 0 saturated heterocycles. The quantitative estimate of drug-likeness (QED) is 0.297. The lowest BCUT2D eigenvalue weighted by Gasteiger charge is -2.12. The SMILES string of the molecule is C=CCn1c(COc2ccc(C)cc2OC)nnc1SCc1ccc(Cl)c(Cl)c1. The van der Waals surface area contributed by atoms with Crippen molar-refractivity contribution in [3.63, 3.8) is 0 Å². The standard InChI is InChI=1S/C21H21Cl2N3O2S/c1-4-9-26-20(12-28-18-8-5-14(2)10-19(18)27-3)24-25-21(26)29-13-15-6-7-16(22)17(23)11-15/h4-8,10-11H,1,9,12-13H2,2-3H3. The molecule has 0 fully saturated rings. The topological polar surface area (TPSA) is 49.2 Å². The fourth-order valence-corrected chi connectivity index (χ4v) is 3.89. The predicted octanol–water partition coefficient (Wildman–Crippen LogP) is 5.96. The van der Waals surface area contributed by atoms with E-state index in [1.165, 1.54) is 0 Å². The Hall–Kier alpha value is -2.15. The monoisotopic (exact) mass is 449 g/mol. The number of aryl methyl sites for hydroxylation is 1. The van der Waals surface area contributed by atoms with E-state index in [-0.39, 0.29) is 6.61 Å². The molecule has 0 atom stereocenters. The molecule has 152 valence electrons. The van der Waals surface area contributed by atoms with Gasteiger partial charge in [-0.25, -0.2) is 0 Å². The van der Waals surface area contributed by atoms with Gasteiger partial charge in [-0.2, -0.15) is 0 Å². The van der Waals surface area contributed by atoms with E-state index in [0.29, 0.717) is 39.7 Å². The fourth-order valence-electron chi connectivity index (χ4n) is 2.66. The number of halogens is 2. The summed E-state index contributed by atoms with van der Waals surface area (Å²) in [5, 5.41) is 10.5. The first-order valence-electron chi connectivity index (χ1n) is 8.89. The van der Waals surface area contributed by atoms with Crippen LogP contribution in [0.4, 0.5) is 0 Å². The van der Waals surface area contributed by atoms with E-state index in [2.05, 4.69) is 16.8 Å². The number of methoxy groups -OCH3 is 1. The van der Waals surface area contributed by atoms with E-state index in [1.807, 2.05) is 47.9 Å². The second-order valence-corrected chi connectivity index (χ2v) is 8.04. The van der Waals surface area contributed by atoms with Crippen LogP contribution in [-0.2, 0) is 18.9 Å². The Bertz CT molecular complexity index is 1010. The van der Waals surface area contributed by atoms with Crippen molar-refractivity contribution in [1.82, 2.24) is 14.8 Å². The highest BCUT2D eigenvalue weighted by Gasteiger charge is 2.14. The molecule has 8 heteroatoms. The van der Waals surface area contributed by atoms with Gasteiger partial charge >= 0.3 is 0 Å². The molecule has 3 rings (SSSR count). The Morgan fingerprint density at radius 3 is 2.66 bits per heavy atom. The first-order chi connectivity index (χ1) is 14.0. The van der Waals surface area contributed by atoms with Gasteiger partial charge in [-0.1, -0.05) is 53.2 Å². The van der Waals surface area contributed by atoms with E-state index in [4.69, 9.17) is 32.7 Å². The first kappa shape index (κ1) is 21.6. The molecule has 3 aromatic rings. The van der Waals surface area contributed by atoms with E-state index >= 15 is 0 Å². The number of allylic oxidation sites excluding steroid dienone is 1. The lowest BCUT2D eigenvalue weighted by atomic mass is 10.2. The van der Waals surface area contributed by atoms with Gasteiger partial charge in [0.15, 0.2) is 22.5 Å². The molecule has 0 bridgehead atoms. The number of aromatic nitrogens is 3. The molecule has 0 aliphatic rings. The highest BCUT2D eigenvalue weighted by molar-refractivity contribution is 7.98. The fraction of sp³-hybridized carbons (Fsp3) is 0.238. The van der Waals surface area contributed by atoms with Crippen molar-refractivity contribution < 1.29 is 9.47 Å². The molecule has 0 spiro atoms. The lowest BCUT2D eigenvalue weighted by molar-refractivity contribution is 0.271. The molecule has 0 N–H and O–H groups in total. The second kappa shape index (κ2) is 10.1. The van der Waals surface area contributed by atoms with E-state index in [9.17, 15) is 0 Å². The molecular weight excluding hydrogens is 429 g/mol. The van der Waals surface area contributed by atoms with Crippen molar-refractivity contribution in [1.29, 1.82) is 0 Å². The van der Waals surface area contributed by atoms with Gasteiger partial charge in [0.2, 0.25) is 0 Å². The van der Waals surface area contributed by atoms with Crippen LogP contribution in [0.3, 0.4) is 0 Å². The summed E-state index contributed by atoms with van der Waals surface area (Å²) in [5.41, 5.74) is 2.16. The van der Waals surface area contributed by atoms with E-state index in [1.54, 1.807) is 24.9 Å². The highest BCUT2D eigenvalue weighted by Crippen LogP contribution is 2.30. The molecule has 0 saturated carbocycles. The van der Waals surface area contributed by atoms with Gasteiger partial charge in [-0.05, 0) is 42.3 Å². The van der Waals surface area contributed by atoms with Crippen LogP contribution in [0.2, 0.25) is 10.0 Å². The third-order valence-electron chi connectivity index (χ3n) is 4.13. The van der Waals surface area contributed by atoms with Crippen molar-refractivity contribution >= 4 is 35.0 Å². The van der Waals surface area contributed by atoms with E-state index < -0.39 is 0 Å². The lowest BCUT2D eigenvalue weighted by Crippen LogP contribution is -2.08. The minimum absolute atomic E-state index is 0.271. The molecule has 1 heterocycles. The molecule has 0 aliphatic heterocycles. The Labute approximate surface area is 184 Å². The number of benzene rings is 2. The number of hydrogen-bond acceptors (Lipinski definition) is 5. The maximum Gasteiger partial charge on any atom is 0.191 e. The summed E-state index contributed by atoms with van der Waals surface area (Å²) in [5.74, 6) is 2.76. The maximum absolute atomic E-state index is 6.10. The largest absolute Gasteiger partial charge is 0.493 e. The summed E-state index contributed by atoms with van der Waals surface area (Å²) in [6.45, 7) is 6.69. The van der Waals surface area contributed by atoms with Crippen LogP contribution in [0, 0.1) is 6.92 Å². The zero-order chi connectivity index (χ0) is 20.8. The highest BCUT2D eigenvalue weighted by atomic mass is 35.5. The third-order valence-corrected chi connectivity index (χ3v) is 5.91. The van der Waals surface area contributed by atoms with Crippen molar-refractivity contribution in [2.45, 2.75) is 31.0 Å². The van der Waals surface area contributed by atoms with Crippen molar-refractivity contribution in [2.24, 2.45) is 0 Å². The van der Waals surface area contributed by atoms with Gasteiger partial charge in [0.1, 0.15) is 6.61 Å². The van der Waals surface area contributed by atoms with Crippen LogP contribution >= 0.6 is 35.0 Å². The second-order valence-electron chi connectivity index (χ2n) is 6.28. The summed E-state index contributed by atoms with van der Waals surface area (Å²) in [4.78, 5) is 0. The number of hydrogen-bond donors (Lipinski definition) is 0. The maximum atomic E-state index is 6.10. The Kier molecular flexibility index (Phi) is 7.47. The van der Waals surface area contributed by atoms with Crippen LogP contribution in [0.1, 0.15) is 17.0 Å². The summed E-state index contributed by atoms with van der Waals surface area (Å²) in [6, 6.07) is 11.4.